The first-order valence-electron chi connectivity index (χ1n) is 7.22. The number of anilines is 2. The van der Waals surface area contributed by atoms with Gasteiger partial charge in [0.15, 0.2) is 0 Å². The lowest BCUT2D eigenvalue weighted by Crippen LogP contribution is -2.11. The van der Waals surface area contributed by atoms with Crippen LogP contribution in [0.2, 0.25) is 0 Å². The Morgan fingerprint density at radius 1 is 1.05 bits per heavy atom. The summed E-state index contributed by atoms with van der Waals surface area (Å²) in [4.78, 5) is 2.09. The molecule has 0 radical (unpaired) electrons. The number of hydrogen-bond acceptors (Lipinski definition) is 3. The molecule has 0 aliphatic heterocycles. The highest BCUT2D eigenvalue weighted by atomic mass is 16.3. The lowest BCUT2D eigenvalue weighted by Gasteiger charge is -2.20. The van der Waals surface area contributed by atoms with E-state index in [0.717, 1.165) is 16.8 Å². The number of phenols is 1. The van der Waals surface area contributed by atoms with Gasteiger partial charge in [0.2, 0.25) is 0 Å². The highest BCUT2D eigenvalue weighted by Gasteiger charge is 2.12. The smallest absolute Gasteiger partial charge is 0.120 e. The molecule has 21 heavy (non-hydrogen) atoms. The molecule has 112 valence electrons. The zero-order chi connectivity index (χ0) is 15.6. The summed E-state index contributed by atoms with van der Waals surface area (Å²) in [7, 11) is 4.07. The molecule has 0 amide bonds. The SMILES string of the molecule is Cc1ccc(O)c(C(C)Nc2ccc(N(C)C)cc2C)c1. The minimum atomic E-state index is 0.0498. The average Bonchev–Trinajstić information content (AvgIpc) is 2.43. The molecule has 0 heterocycles. The van der Waals surface area contributed by atoms with Crippen molar-refractivity contribution in [2.45, 2.75) is 26.8 Å². The Hall–Kier alpha value is -2.16. The number of phenolic OH excluding ortho intramolecular Hbond substituents is 1. The summed E-state index contributed by atoms with van der Waals surface area (Å²) in [6.07, 6.45) is 0. The molecule has 0 fully saturated rings. The molecule has 0 aromatic heterocycles. The van der Waals surface area contributed by atoms with E-state index in [1.807, 2.05) is 33.2 Å². The zero-order valence-corrected chi connectivity index (χ0v) is 13.4. The van der Waals surface area contributed by atoms with Gasteiger partial charge in [-0.3, -0.25) is 0 Å². The van der Waals surface area contributed by atoms with Gasteiger partial charge in [0, 0.05) is 31.0 Å². The molecular formula is C18H24N2O. The third-order valence-electron chi connectivity index (χ3n) is 3.75. The third-order valence-corrected chi connectivity index (χ3v) is 3.75. The van der Waals surface area contributed by atoms with Crippen LogP contribution < -0.4 is 10.2 Å². The number of benzene rings is 2. The van der Waals surface area contributed by atoms with Gasteiger partial charge in [-0.05, 0) is 50.6 Å². The lowest BCUT2D eigenvalue weighted by molar-refractivity contribution is 0.465. The molecule has 2 rings (SSSR count). The van der Waals surface area contributed by atoms with Gasteiger partial charge in [0.05, 0.1) is 6.04 Å². The second-order valence-electron chi connectivity index (χ2n) is 5.82. The predicted molar refractivity (Wildman–Crippen MR) is 90.4 cm³/mol. The van der Waals surface area contributed by atoms with E-state index < -0.39 is 0 Å². The normalized spacial score (nSPS) is 12.0. The van der Waals surface area contributed by atoms with Crippen molar-refractivity contribution >= 4 is 11.4 Å². The first-order valence-corrected chi connectivity index (χ1v) is 7.22. The molecule has 3 nitrogen and oxygen atoms in total. The van der Waals surface area contributed by atoms with E-state index in [0.29, 0.717) is 5.75 Å². The number of aryl methyl sites for hydroxylation is 2. The first kappa shape index (κ1) is 15.2. The average molecular weight is 284 g/mol. The maximum absolute atomic E-state index is 10.0. The monoisotopic (exact) mass is 284 g/mol. The van der Waals surface area contributed by atoms with E-state index in [4.69, 9.17) is 0 Å². The van der Waals surface area contributed by atoms with Crippen LogP contribution in [-0.2, 0) is 0 Å². The standard InChI is InChI=1S/C18H24N2O/c1-12-6-9-18(21)16(10-12)14(3)19-17-8-7-15(20(4)5)11-13(17)2/h6-11,14,19,21H,1-5H3. The molecule has 0 saturated heterocycles. The number of aromatic hydroxyl groups is 1. The maximum atomic E-state index is 10.0. The molecule has 0 saturated carbocycles. The van der Waals surface area contributed by atoms with Gasteiger partial charge >= 0.3 is 0 Å². The van der Waals surface area contributed by atoms with Gasteiger partial charge in [0.1, 0.15) is 5.75 Å². The van der Waals surface area contributed by atoms with E-state index in [1.54, 1.807) is 6.07 Å². The van der Waals surface area contributed by atoms with Crippen LogP contribution in [0.4, 0.5) is 11.4 Å². The summed E-state index contributed by atoms with van der Waals surface area (Å²) in [5.74, 6) is 0.336. The summed E-state index contributed by atoms with van der Waals surface area (Å²) in [5, 5.41) is 13.5. The second kappa shape index (κ2) is 6.08. The van der Waals surface area contributed by atoms with Crippen LogP contribution in [0, 0.1) is 13.8 Å². The van der Waals surface area contributed by atoms with Crippen molar-refractivity contribution in [1.82, 2.24) is 0 Å². The van der Waals surface area contributed by atoms with Crippen molar-refractivity contribution in [1.29, 1.82) is 0 Å². The molecule has 2 aromatic carbocycles. The van der Waals surface area contributed by atoms with Crippen LogP contribution in [-0.4, -0.2) is 19.2 Å². The van der Waals surface area contributed by atoms with Crippen LogP contribution in [0.15, 0.2) is 36.4 Å². The highest BCUT2D eigenvalue weighted by Crippen LogP contribution is 2.30. The lowest BCUT2D eigenvalue weighted by atomic mass is 10.0. The maximum Gasteiger partial charge on any atom is 0.120 e. The molecule has 1 unspecified atom stereocenters. The van der Waals surface area contributed by atoms with Crippen molar-refractivity contribution < 1.29 is 5.11 Å². The van der Waals surface area contributed by atoms with Gasteiger partial charge in [-0.15, -0.1) is 0 Å². The number of nitrogens with one attached hydrogen (secondary N) is 1. The predicted octanol–water partition coefficient (Wildman–Crippen LogP) is 4.25. The highest BCUT2D eigenvalue weighted by molar-refractivity contribution is 5.60. The Bertz CT molecular complexity index is 635. The van der Waals surface area contributed by atoms with Crippen molar-refractivity contribution in [3.63, 3.8) is 0 Å². The quantitative estimate of drug-likeness (QED) is 0.881. The molecule has 0 bridgehead atoms. The van der Waals surface area contributed by atoms with Gasteiger partial charge in [0.25, 0.3) is 0 Å². The fourth-order valence-electron chi connectivity index (χ4n) is 2.42. The van der Waals surface area contributed by atoms with E-state index in [1.165, 1.54) is 11.3 Å². The fourth-order valence-corrected chi connectivity index (χ4v) is 2.42. The molecule has 0 spiro atoms. The van der Waals surface area contributed by atoms with Crippen molar-refractivity contribution in [2.75, 3.05) is 24.3 Å². The van der Waals surface area contributed by atoms with Gasteiger partial charge in [-0.1, -0.05) is 17.7 Å². The van der Waals surface area contributed by atoms with E-state index in [-0.39, 0.29) is 6.04 Å². The fraction of sp³-hybridized carbons (Fsp3) is 0.333. The number of nitrogens with zero attached hydrogens (tertiary/aromatic N) is 1. The topological polar surface area (TPSA) is 35.5 Å². The summed E-state index contributed by atoms with van der Waals surface area (Å²) < 4.78 is 0. The molecule has 0 aliphatic carbocycles. The minimum absolute atomic E-state index is 0.0498. The molecule has 2 N–H and O–H groups in total. The number of rotatable bonds is 4. The van der Waals surface area contributed by atoms with Gasteiger partial charge in [-0.25, -0.2) is 0 Å². The Balaban J connectivity index is 2.23. The first-order chi connectivity index (χ1) is 9.88. The second-order valence-corrected chi connectivity index (χ2v) is 5.82. The van der Waals surface area contributed by atoms with Crippen LogP contribution in [0.5, 0.6) is 5.75 Å². The summed E-state index contributed by atoms with van der Waals surface area (Å²) in [5.41, 5.74) is 5.54. The minimum Gasteiger partial charge on any atom is -0.508 e. The third kappa shape index (κ3) is 3.48. The van der Waals surface area contributed by atoms with Crippen molar-refractivity contribution in [3.05, 3.63) is 53.1 Å². The van der Waals surface area contributed by atoms with E-state index in [2.05, 4.69) is 42.3 Å². The van der Waals surface area contributed by atoms with E-state index >= 15 is 0 Å². The van der Waals surface area contributed by atoms with Crippen LogP contribution in [0.1, 0.15) is 29.7 Å². The zero-order valence-electron chi connectivity index (χ0n) is 13.4. The Kier molecular flexibility index (Phi) is 4.41. The molecule has 1 atom stereocenters. The van der Waals surface area contributed by atoms with Gasteiger partial charge in [-0.2, -0.15) is 0 Å². The summed E-state index contributed by atoms with van der Waals surface area (Å²) >= 11 is 0. The van der Waals surface area contributed by atoms with Crippen molar-refractivity contribution in [2.24, 2.45) is 0 Å². The molecule has 3 heteroatoms. The number of hydrogen-bond donors (Lipinski definition) is 2. The Morgan fingerprint density at radius 3 is 2.38 bits per heavy atom. The molecule has 2 aromatic rings. The van der Waals surface area contributed by atoms with Crippen molar-refractivity contribution in [3.8, 4) is 5.75 Å². The van der Waals surface area contributed by atoms with Crippen LogP contribution in [0.25, 0.3) is 0 Å². The molecule has 0 aliphatic rings. The van der Waals surface area contributed by atoms with E-state index in [9.17, 15) is 5.11 Å². The Morgan fingerprint density at radius 2 is 1.76 bits per heavy atom. The van der Waals surface area contributed by atoms with Gasteiger partial charge < -0.3 is 15.3 Å². The largest absolute Gasteiger partial charge is 0.508 e. The summed E-state index contributed by atoms with van der Waals surface area (Å²) in [6.45, 7) is 6.19. The van der Waals surface area contributed by atoms with Crippen LogP contribution in [0.3, 0.4) is 0 Å². The van der Waals surface area contributed by atoms with Crippen LogP contribution >= 0.6 is 0 Å². The molecular weight excluding hydrogens is 260 g/mol. The summed E-state index contributed by atoms with van der Waals surface area (Å²) in [6, 6.07) is 12.1. The Labute approximate surface area is 127 Å².